The summed E-state index contributed by atoms with van der Waals surface area (Å²) in [6.45, 7) is 1.27. The third-order valence-electron chi connectivity index (χ3n) is 3.11. The lowest BCUT2D eigenvalue weighted by Crippen LogP contribution is -2.05. The van der Waals surface area contributed by atoms with Gasteiger partial charge in [-0.25, -0.2) is 21.6 Å². The Hall–Kier alpha value is -1.73. The van der Waals surface area contributed by atoms with Gasteiger partial charge < -0.3 is 4.74 Å². The molecule has 0 aliphatic carbocycles. The van der Waals surface area contributed by atoms with Crippen LogP contribution >= 0.6 is 11.6 Å². The van der Waals surface area contributed by atoms with Crippen LogP contribution in [-0.2, 0) is 9.84 Å². The van der Waals surface area contributed by atoms with E-state index < -0.39 is 27.6 Å². The standard InChI is InChI=1S/C15H12ClF3O3S/c1-8-13(23(2,20)21)4-3-12(14(8)15(18)19)22-11-6-9(16)5-10(17)7-11/h3-7,15H,1-2H3. The first kappa shape index (κ1) is 17.6. The molecule has 0 N–H and O–H groups in total. The molecule has 0 atom stereocenters. The van der Waals surface area contributed by atoms with Crippen molar-refractivity contribution in [3.8, 4) is 11.5 Å². The summed E-state index contributed by atoms with van der Waals surface area (Å²) in [5, 5.41) is 0.0445. The van der Waals surface area contributed by atoms with E-state index in [1.165, 1.54) is 19.1 Å². The lowest BCUT2D eigenvalue weighted by Gasteiger charge is -2.15. The third kappa shape index (κ3) is 3.97. The second-order valence-electron chi connectivity index (χ2n) is 4.88. The van der Waals surface area contributed by atoms with Crippen LogP contribution in [0.3, 0.4) is 0 Å². The number of benzene rings is 2. The maximum atomic E-state index is 13.3. The summed E-state index contributed by atoms with van der Waals surface area (Å²) in [6.07, 6.45) is -2.03. The number of ether oxygens (including phenoxy) is 1. The summed E-state index contributed by atoms with van der Waals surface area (Å²) in [7, 11) is -3.66. The van der Waals surface area contributed by atoms with E-state index >= 15 is 0 Å². The highest BCUT2D eigenvalue weighted by molar-refractivity contribution is 7.90. The second-order valence-corrected chi connectivity index (χ2v) is 7.30. The van der Waals surface area contributed by atoms with Crippen molar-refractivity contribution in [2.75, 3.05) is 6.26 Å². The third-order valence-corrected chi connectivity index (χ3v) is 4.57. The van der Waals surface area contributed by atoms with Gasteiger partial charge in [0.05, 0.1) is 10.5 Å². The molecule has 0 saturated carbocycles. The fourth-order valence-electron chi connectivity index (χ4n) is 2.16. The first-order valence-corrected chi connectivity index (χ1v) is 8.62. The Morgan fingerprint density at radius 1 is 1.17 bits per heavy atom. The molecule has 124 valence electrons. The van der Waals surface area contributed by atoms with Crippen LogP contribution in [0.1, 0.15) is 17.6 Å². The van der Waals surface area contributed by atoms with Crippen molar-refractivity contribution in [1.82, 2.24) is 0 Å². The smallest absolute Gasteiger partial charge is 0.267 e. The monoisotopic (exact) mass is 364 g/mol. The van der Waals surface area contributed by atoms with Gasteiger partial charge in [-0.2, -0.15) is 0 Å². The number of halogens is 4. The van der Waals surface area contributed by atoms with Gasteiger partial charge in [0.1, 0.15) is 17.3 Å². The summed E-state index contributed by atoms with van der Waals surface area (Å²) in [5.41, 5.74) is -0.671. The highest BCUT2D eigenvalue weighted by Gasteiger charge is 2.23. The van der Waals surface area contributed by atoms with Gasteiger partial charge in [0.2, 0.25) is 0 Å². The van der Waals surface area contributed by atoms with Crippen molar-refractivity contribution in [2.45, 2.75) is 18.2 Å². The number of rotatable bonds is 4. The van der Waals surface area contributed by atoms with Crippen molar-refractivity contribution in [1.29, 1.82) is 0 Å². The number of sulfone groups is 1. The molecule has 2 aromatic carbocycles. The summed E-state index contributed by atoms with van der Waals surface area (Å²) >= 11 is 5.69. The molecular weight excluding hydrogens is 353 g/mol. The Balaban J connectivity index is 2.57. The number of hydrogen-bond donors (Lipinski definition) is 0. The molecule has 0 aliphatic rings. The van der Waals surface area contributed by atoms with Crippen LogP contribution in [0.25, 0.3) is 0 Å². The Bertz CT molecular complexity index is 831. The molecular formula is C15H12ClF3O3S. The molecule has 0 fully saturated rings. The zero-order valence-corrected chi connectivity index (χ0v) is 13.7. The molecule has 2 aromatic rings. The zero-order valence-electron chi connectivity index (χ0n) is 12.1. The number of alkyl halides is 2. The molecule has 23 heavy (non-hydrogen) atoms. The van der Waals surface area contributed by atoms with Gasteiger partial charge >= 0.3 is 0 Å². The summed E-state index contributed by atoms with van der Waals surface area (Å²) in [6, 6.07) is 5.58. The van der Waals surface area contributed by atoms with E-state index in [0.29, 0.717) is 0 Å². The minimum absolute atomic E-state index is 0.0445. The minimum Gasteiger partial charge on any atom is -0.457 e. The van der Waals surface area contributed by atoms with Gasteiger partial charge in [0.25, 0.3) is 6.43 Å². The molecule has 0 aliphatic heterocycles. The Morgan fingerprint density at radius 2 is 1.83 bits per heavy atom. The van der Waals surface area contributed by atoms with Gasteiger partial charge in [-0.1, -0.05) is 11.6 Å². The highest BCUT2D eigenvalue weighted by atomic mass is 35.5. The maximum absolute atomic E-state index is 13.3. The van der Waals surface area contributed by atoms with Crippen LogP contribution in [-0.4, -0.2) is 14.7 Å². The SMILES string of the molecule is Cc1c(S(C)(=O)=O)ccc(Oc2cc(F)cc(Cl)c2)c1C(F)F. The van der Waals surface area contributed by atoms with Crippen LogP contribution in [0.4, 0.5) is 13.2 Å². The van der Waals surface area contributed by atoms with Crippen LogP contribution in [0.15, 0.2) is 35.2 Å². The van der Waals surface area contributed by atoms with Crippen molar-refractivity contribution < 1.29 is 26.3 Å². The summed E-state index contributed by atoms with van der Waals surface area (Å²) < 4.78 is 68.5. The molecule has 0 heterocycles. The van der Waals surface area contributed by atoms with Crippen molar-refractivity contribution in [2.24, 2.45) is 0 Å². The van der Waals surface area contributed by atoms with Crippen LogP contribution in [0.5, 0.6) is 11.5 Å². The molecule has 0 aromatic heterocycles. The van der Waals surface area contributed by atoms with E-state index in [0.717, 1.165) is 24.5 Å². The fourth-order valence-corrected chi connectivity index (χ4v) is 3.35. The second kappa shape index (κ2) is 6.41. The van der Waals surface area contributed by atoms with Gasteiger partial charge in [-0.05, 0) is 36.8 Å². The molecule has 2 rings (SSSR count). The summed E-state index contributed by atoms with van der Waals surface area (Å²) in [5.74, 6) is -1.01. The normalized spacial score (nSPS) is 11.8. The lowest BCUT2D eigenvalue weighted by molar-refractivity contribution is 0.147. The Kier molecular flexibility index (Phi) is 4.91. The summed E-state index contributed by atoms with van der Waals surface area (Å²) in [4.78, 5) is -0.211. The van der Waals surface area contributed by atoms with Crippen LogP contribution in [0, 0.1) is 12.7 Å². The first-order chi connectivity index (χ1) is 10.6. The Morgan fingerprint density at radius 3 is 2.35 bits per heavy atom. The average Bonchev–Trinajstić information content (AvgIpc) is 2.35. The van der Waals surface area contributed by atoms with Gasteiger partial charge in [0, 0.05) is 17.3 Å². The van der Waals surface area contributed by atoms with Crippen molar-refractivity contribution in [3.63, 3.8) is 0 Å². The average molecular weight is 365 g/mol. The fraction of sp³-hybridized carbons (Fsp3) is 0.200. The van der Waals surface area contributed by atoms with Gasteiger partial charge in [-0.3, -0.25) is 0 Å². The molecule has 0 bridgehead atoms. The quantitative estimate of drug-likeness (QED) is 0.773. The van der Waals surface area contributed by atoms with E-state index in [2.05, 4.69) is 0 Å². The predicted octanol–water partition coefficient (Wildman–Crippen LogP) is 4.92. The maximum Gasteiger partial charge on any atom is 0.267 e. The van der Waals surface area contributed by atoms with Crippen LogP contribution < -0.4 is 4.74 Å². The van der Waals surface area contributed by atoms with Gasteiger partial charge in [0.15, 0.2) is 9.84 Å². The van der Waals surface area contributed by atoms with E-state index in [1.807, 2.05) is 0 Å². The molecule has 0 amide bonds. The topological polar surface area (TPSA) is 43.4 Å². The van der Waals surface area contributed by atoms with Crippen molar-refractivity contribution >= 4 is 21.4 Å². The molecule has 0 unspecified atom stereocenters. The van der Waals surface area contributed by atoms with E-state index in [9.17, 15) is 21.6 Å². The molecule has 0 radical (unpaired) electrons. The first-order valence-electron chi connectivity index (χ1n) is 6.35. The van der Waals surface area contributed by atoms with E-state index in [4.69, 9.17) is 16.3 Å². The van der Waals surface area contributed by atoms with E-state index in [1.54, 1.807) is 0 Å². The lowest BCUT2D eigenvalue weighted by atomic mass is 10.1. The largest absolute Gasteiger partial charge is 0.457 e. The zero-order chi connectivity index (χ0) is 17.4. The predicted molar refractivity (Wildman–Crippen MR) is 80.7 cm³/mol. The highest BCUT2D eigenvalue weighted by Crippen LogP contribution is 2.38. The van der Waals surface area contributed by atoms with Crippen molar-refractivity contribution in [3.05, 3.63) is 52.3 Å². The Labute approximate surface area is 136 Å². The van der Waals surface area contributed by atoms with E-state index in [-0.39, 0.29) is 27.0 Å². The number of hydrogen-bond acceptors (Lipinski definition) is 3. The van der Waals surface area contributed by atoms with Gasteiger partial charge in [-0.15, -0.1) is 0 Å². The van der Waals surface area contributed by atoms with Crippen LogP contribution in [0.2, 0.25) is 5.02 Å². The minimum atomic E-state index is -3.66. The molecule has 0 saturated heterocycles. The molecule has 8 heteroatoms. The molecule has 0 spiro atoms. The molecule has 3 nitrogen and oxygen atoms in total.